The van der Waals surface area contributed by atoms with Crippen molar-refractivity contribution in [1.82, 2.24) is 15.1 Å². The number of likely N-dealkylation sites (N-methyl/N-ethyl adjacent to an activating group) is 1. The smallest absolute Gasteiger partial charge is 0.326 e. The van der Waals surface area contributed by atoms with Crippen molar-refractivity contribution in [3.8, 4) is 0 Å². The molecule has 0 aromatic heterocycles. The summed E-state index contributed by atoms with van der Waals surface area (Å²) in [5, 5.41) is 19.9. The number of amides is 3. The number of carboxylic acid groups (broad SMARTS) is 2. The summed E-state index contributed by atoms with van der Waals surface area (Å²) in [7, 11) is 1.63. The molecule has 0 aromatic rings. The van der Waals surface area contributed by atoms with Crippen LogP contribution in [-0.2, 0) is 14.4 Å². The van der Waals surface area contributed by atoms with Crippen LogP contribution < -0.4 is 5.32 Å². The summed E-state index contributed by atoms with van der Waals surface area (Å²) in [6, 6.07) is -1.79. The van der Waals surface area contributed by atoms with E-state index >= 15 is 0 Å². The minimum absolute atomic E-state index is 0.0229. The molecule has 9 nitrogen and oxygen atoms in total. The monoisotopic (exact) mass is 301 g/mol. The molecule has 0 unspecified atom stereocenters. The number of piperazine rings is 1. The molecule has 3 N–H and O–H groups in total. The van der Waals surface area contributed by atoms with Gasteiger partial charge in [-0.3, -0.25) is 9.59 Å². The first-order valence-corrected chi connectivity index (χ1v) is 6.55. The van der Waals surface area contributed by atoms with Crippen LogP contribution in [0.5, 0.6) is 0 Å². The number of rotatable bonds is 6. The van der Waals surface area contributed by atoms with Gasteiger partial charge < -0.3 is 25.3 Å². The van der Waals surface area contributed by atoms with Crippen molar-refractivity contribution < 1.29 is 29.4 Å². The molecule has 1 aliphatic rings. The van der Waals surface area contributed by atoms with Crippen LogP contribution in [0.3, 0.4) is 0 Å². The van der Waals surface area contributed by atoms with Gasteiger partial charge in [0.1, 0.15) is 12.6 Å². The Hall–Kier alpha value is -2.32. The van der Waals surface area contributed by atoms with Crippen LogP contribution in [0.15, 0.2) is 0 Å². The number of aliphatic carboxylic acids is 2. The molecule has 0 aliphatic carbocycles. The van der Waals surface area contributed by atoms with Crippen LogP contribution in [0.1, 0.15) is 19.3 Å². The normalized spacial score (nSPS) is 16.5. The van der Waals surface area contributed by atoms with E-state index < -0.39 is 24.0 Å². The van der Waals surface area contributed by atoms with E-state index in [1.54, 1.807) is 7.05 Å². The summed E-state index contributed by atoms with van der Waals surface area (Å²) in [5.74, 6) is -2.46. The predicted molar refractivity (Wildman–Crippen MR) is 70.7 cm³/mol. The molecule has 21 heavy (non-hydrogen) atoms. The third kappa shape index (κ3) is 5.28. The van der Waals surface area contributed by atoms with Gasteiger partial charge in [-0.15, -0.1) is 0 Å². The van der Waals surface area contributed by atoms with E-state index in [1.807, 2.05) is 0 Å². The molecular weight excluding hydrogens is 282 g/mol. The molecule has 0 aromatic carbocycles. The molecule has 1 rings (SSSR count). The zero-order valence-corrected chi connectivity index (χ0v) is 11.7. The summed E-state index contributed by atoms with van der Waals surface area (Å²) < 4.78 is 0. The SMILES string of the molecule is CN1CCN(C(=O)N[C@H](CCCC(=O)O)C(=O)O)CC1=O. The number of carbonyl (C=O) groups is 4. The summed E-state index contributed by atoms with van der Waals surface area (Å²) in [6.07, 6.45) is 0.00988. The molecule has 0 spiro atoms. The highest BCUT2D eigenvalue weighted by molar-refractivity contribution is 5.87. The topological polar surface area (TPSA) is 127 Å². The highest BCUT2D eigenvalue weighted by Crippen LogP contribution is 2.05. The quantitative estimate of drug-likeness (QED) is 0.588. The molecule has 1 heterocycles. The molecule has 9 heteroatoms. The van der Waals surface area contributed by atoms with Crippen molar-refractivity contribution in [2.45, 2.75) is 25.3 Å². The molecule has 1 aliphatic heterocycles. The molecule has 0 saturated carbocycles. The van der Waals surface area contributed by atoms with Gasteiger partial charge >= 0.3 is 18.0 Å². The van der Waals surface area contributed by atoms with Crippen LogP contribution in [0, 0.1) is 0 Å². The second kappa shape index (κ2) is 7.46. The van der Waals surface area contributed by atoms with E-state index in [2.05, 4.69) is 5.32 Å². The Labute approximate surface area is 121 Å². The van der Waals surface area contributed by atoms with Crippen molar-refractivity contribution in [2.24, 2.45) is 0 Å². The molecule has 1 atom stereocenters. The number of nitrogens with one attached hydrogen (secondary N) is 1. The first kappa shape index (κ1) is 16.7. The van der Waals surface area contributed by atoms with Gasteiger partial charge in [0.15, 0.2) is 0 Å². The molecule has 0 radical (unpaired) electrons. The van der Waals surface area contributed by atoms with Gasteiger partial charge in [-0.1, -0.05) is 0 Å². The lowest BCUT2D eigenvalue weighted by atomic mass is 10.1. The fourth-order valence-corrected chi connectivity index (χ4v) is 1.89. The summed E-state index contributed by atoms with van der Waals surface area (Å²) in [4.78, 5) is 47.6. The Bertz CT molecular complexity index is 439. The minimum Gasteiger partial charge on any atom is -0.481 e. The zero-order valence-electron chi connectivity index (χ0n) is 11.7. The average molecular weight is 301 g/mol. The largest absolute Gasteiger partial charge is 0.481 e. The van der Waals surface area contributed by atoms with Gasteiger partial charge in [-0.2, -0.15) is 0 Å². The van der Waals surface area contributed by atoms with E-state index in [0.29, 0.717) is 13.1 Å². The summed E-state index contributed by atoms with van der Waals surface area (Å²) >= 11 is 0. The Morgan fingerprint density at radius 2 is 1.95 bits per heavy atom. The third-order valence-corrected chi connectivity index (χ3v) is 3.22. The van der Waals surface area contributed by atoms with Crippen molar-refractivity contribution in [2.75, 3.05) is 26.7 Å². The molecular formula is C12H19N3O6. The predicted octanol–water partition coefficient (Wildman–Crippen LogP) is -0.822. The van der Waals surface area contributed by atoms with Crippen LogP contribution in [0.25, 0.3) is 0 Å². The number of carbonyl (C=O) groups excluding carboxylic acids is 2. The van der Waals surface area contributed by atoms with Crippen molar-refractivity contribution in [3.05, 3.63) is 0 Å². The lowest BCUT2D eigenvalue weighted by Crippen LogP contribution is -2.55. The number of hydrogen-bond donors (Lipinski definition) is 3. The third-order valence-electron chi connectivity index (χ3n) is 3.22. The second-order valence-electron chi connectivity index (χ2n) is 4.86. The van der Waals surface area contributed by atoms with Gasteiger partial charge in [-0.25, -0.2) is 9.59 Å². The maximum atomic E-state index is 11.9. The first-order valence-electron chi connectivity index (χ1n) is 6.55. The highest BCUT2D eigenvalue weighted by Gasteiger charge is 2.28. The Balaban J connectivity index is 2.50. The van der Waals surface area contributed by atoms with Crippen LogP contribution in [-0.4, -0.2) is 76.6 Å². The molecule has 0 bridgehead atoms. The second-order valence-corrected chi connectivity index (χ2v) is 4.86. The average Bonchev–Trinajstić information content (AvgIpc) is 2.40. The van der Waals surface area contributed by atoms with Crippen LogP contribution in [0.2, 0.25) is 0 Å². The van der Waals surface area contributed by atoms with Gasteiger partial charge in [0, 0.05) is 26.6 Å². The lowest BCUT2D eigenvalue weighted by molar-refractivity contribution is -0.140. The Morgan fingerprint density at radius 3 is 2.48 bits per heavy atom. The maximum absolute atomic E-state index is 11.9. The Morgan fingerprint density at radius 1 is 1.29 bits per heavy atom. The number of hydrogen-bond acceptors (Lipinski definition) is 4. The van der Waals surface area contributed by atoms with E-state index in [4.69, 9.17) is 10.2 Å². The van der Waals surface area contributed by atoms with E-state index in [-0.39, 0.29) is 31.7 Å². The zero-order chi connectivity index (χ0) is 16.0. The number of nitrogens with zero attached hydrogens (tertiary/aromatic N) is 2. The summed E-state index contributed by atoms with van der Waals surface area (Å²) in [6.45, 7) is 0.627. The fraction of sp³-hybridized carbons (Fsp3) is 0.667. The van der Waals surface area contributed by atoms with Crippen LogP contribution >= 0.6 is 0 Å². The molecule has 3 amide bonds. The Kier molecular flexibility index (Phi) is 5.94. The lowest BCUT2D eigenvalue weighted by Gasteiger charge is -2.32. The molecule has 1 saturated heterocycles. The fourth-order valence-electron chi connectivity index (χ4n) is 1.89. The molecule has 1 fully saturated rings. The van der Waals surface area contributed by atoms with Gasteiger partial charge in [0.25, 0.3) is 0 Å². The minimum atomic E-state index is -1.23. The van der Waals surface area contributed by atoms with Gasteiger partial charge in [0.2, 0.25) is 5.91 Å². The number of carboxylic acids is 2. The number of urea groups is 1. The van der Waals surface area contributed by atoms with E-state index in [1.165, 1.54) is 9.80 Å². The van der Waals surface area contributed by atoms with Gasteiger partial charge in [0.05, 0.1) is 0 Å². The van der Waals surface area contributed by atoms with Crippen molar-refractivity contribution in [1.29, 1.82) is 0 Å². The summed E-state index contributed by atoms with van der Waals surface area (Å²) in [5.41, 5.74) is 0. The molecule has 118 valence electrons. The standard InChI is InChI=1S/C12H19N3O6/c1-14-5-6-15(7-9(14)16)12(21)13-8(11(19)20)3-2-4-10(17)18/h8H,2-7H2,1H3,(H,13,21)(H,17,18)(H,19,20)/t8-/m1/s1. The highest BCUT2D eigenvalue weighted by atomic mass is 16.4. The van der Waals surface area contributed by atoms with Crippen molar-refractivity contribution >= 4 is 23.9 Å². The van der Waals surface area contributed by atoms with Crippen LogP contribution in [0.4, 0.5) is 4.79 Å². The van der Waals surface area contributed by atoms with Crippen molar-refractivity contribution in [3.63, 3.8) is 0 Å². The van der Waals surface area contributed by atoms with E-state index in [0.717, 1.165) is 0 Å². The first-order chi connectivity index (χ1) is 9.81. The maximum Gasteiger partial charge on any atom is 0.326 e. The van der Waals surface area contributed by atoms with E-state index in [9.17, 15) is 19.2 Å². The van der Waals surface area contributed by atoms with Gasteiger partial charge in [-0.05, 0) is 12.8 Å².